The van der Waals surface area contributed by atoms with Crippen LogP contribution in [0.3, 0.4) is 0 Å². The van der Waals surface area contributed by atoms with Crippen LogP contribution >= 0.6 is 0 Å². The molecule has 7 heteroatoms. The fraction of sp³-hybridized carbons (Fsp3) is 0.471. The number of nitrogens with zero attached hydrogens (tertiary/aromatic N) is 5. The van der Waals surface area contributed by atoms with E-state index in [1.54, 1.807) is 18.5 Å². The van der Waals surface area contributed by atoms with Crippen LogP contribution in [0.15, 0.2) is 30.6 Å². The highest BCUT2D eigenvalue weighted by molar-refractivity contribution is 5.92. The molecule has 0 atom stereocenters. The molecule has 0 bridgehead atoms. The number of hydrogen-bond donors (Lipinski definition) is 1. The highest BCUT2D eigenvalue weighted by atomic mass is 16.2. The Morgan fingerprint density at radius 2 is 1.96 bits per heavy atom. The van der Waals surface area contributed by atoms with Crippen molar-refractivity contribution < 1.29 is 4.79 Å². The third-order valence-electron chi connectivity index (χ3n) is 4.54. The molecule has 3 heterocycles. The van der Waals surface area contributed by atoms with E-state index < -0.39 is 0 Å². The number of carbonyl (C=O) groups is 1. The molecule has 0 unspecified atom stereocenters. The van der Waals surface area contributed by atoms with Crippen LogP contribution in [-0.4, -0.2) is 50.1 Å². The summed E-state index contributed by atoms with van der Waals surface area (Å²) in [4.78, 5) is 23.3. The summed E-state index contributed by atoms with van der Waals surface area (Å²) in [6.45, 7) is 1.44. The average molecular weight is 324 g/mol. The van der Waals surface area contributed by atoms with Gasteiger partial charge in [-0.05, 0) is 43.9 Å². The van der Waals surface area contributed by atoms with Crippen molar-refractivity contribution in [2.45, 2.75) is 37.6 Å². The third-order valence-corrected chi connectivity index (χ3v) is 4.54. The fourth-order valence-corrected chi connectivity index (χ4v) is 3.01. The van der Waals surface area contributed by atoms with E-state index in [1.165, 1.54) is 0 Å². The van der Waals surface area contributed by atoms with Crippen LogP contribution in [0.5, 0.6) is 0 Å². The highest BCUT2D eigenvalue weighted by Crippen LogP contribution is 2.37. The molecule has 1 amide bonds. The minimum absolute atomic E-state index is 0.0113. The zero-order valence-corrected chi connectivity index (χ0v) is 13.4. The summed E-state index contributed by atoms with van der Waals surface area (Å²) in [6, 6.07) is 5.81. The van der Waals surface area contributed by atoms with Crippen LogP contribution < -0.4 is 5.32 Å². The summed E-state index contributed by atoms with van der Waals surface area (Å²) in [7, 11) is 0. The second kappa shape index (κ2) is 6.51. The van der Waals surface area contributed by atoms with Gasteiger partial charge >= 0.3 is 0 Å². The van der Waals surface area contributed by atoms with Crippen LogP contribution in [0, 0.1) is 0 Å². The van der Waals surface area contributed by atoms with Gasteiger partial charge in [-0.3, -0.25) is 4.79 Å². The van der Waals surface area contributed by atoms with E-state index in [-0.39, 0.29) is 5.91 Å². The summed E-state index contributed by atoms with van der Waals surface area (Å²) < 4.78 is 0. The maximum Gasteiger partial charge on any atom is 0.272 e. The molecule has 24 heavy (non-hydrogen) atoms. The first-order chi connectivity index (χ1) is 11.8. The molecule has 0 radical (unpaired) electrons. The summed E-state index contributed by atoms with van der Waals surface area (Å²) >= 11 is 0. The van der Waals surface area contributed by atoms with Crippen LogP contribution in [0.4, 0.5) is 5.82 Å². The number of nitrogens with one attached hydrogen (secondary N) is 1. The Hall–Kier alpha value is -2.57. The normalized spacial score (nSPS) is 18.4. The number of carbonyl (C=O) groups excluding carboxylic acids is 1. The van der Waals surface area contributed by atoms with Crippen molar-refractivity contribution in [1.82, 2.24) is 25.1 Å². The first kappa shape index (κ1) is 15.0. The van der Waals surface area contributed by atoms with Crippen molar-refractivity contribution in [2.75, 3.05) is 18.4 Å². The summed E-state index contributed by atoms with van der Waals surface area (Å²) in [5, 5.41) is 11.3. The number of amides is 1. The molecular formula is C17H20N6O. The Labute approximate surface area is 140 Å². The van der Waals surface area contributed by atoms with Crippen LogP contribution in [0.2, 0.25) is 0 Å². The zero-order valence-electron chi connectivity index (χ0n) is 13.4. The van der Waals surface area contributed by atoms with Crippen molar-refractivity contribution in [3.8, 4) is 0 Å². The van der Waals surface area contributed by atoms with Crippen molar-refractivity contribution >= 4 is 11.7 Å². The highest BCUT2D eigenvalue weighted by Gasteiger charge is 2.29. The molecule has 1 aliphatic carbocycles. The van der Waals surface area contributed by atoms with Gasteiger partial charge in [0.1, 0.15) is 17.3 Å². The lowest BCUT2D eigenvalue weighted by molar-refractivity contribution is 0.0712. The molecule has 1 saturated heterocycles. The van der Waals surface area contributed by atoms with Gasteiger partial charge < -0.3 is 10.2 Å². The van der Waals surface area contributed by atoms with Gasteiger partial charge in [0.2, 0.25) is 0 Å². The van der Waals surface area contributed by atoms with E-state index in [0.717, 1.165) is 50.4 Å². The van der Waals surface area contributed by atoms with Crippen molar-refractivity contribution in [1.29, 1.82) is 0 Å². The second-order valence-electron chi connectivity index (χ2n) is 6.39. The largest absolute Gasteiger partial charge is 0.366 e. The Balaban J connectivity index is 1.35. The monoisotopic (exact) mass is 324 g/mol. The third kappa shape index (κ3) is 3.34. The predicted molar refractivity (Wildman–Crippen MR) is 88.6 cm³/mol. The molecule has 1 saturated carbocycles. The van der Waals surface area contributed by atoms with Crippen LogP contribution in [-0.2, 0) is 0 Å². The minimum Gasteiger partial charge on any atom is -0.366 e. The lowest BCUT2D eigenvalue weighted by atomic mass is 10.0. The number of rotatable bonds is 4. The molecule has 4 rings (SSSR count). The van der Waals surface area contributed by atoms with E-state index in [1.807, 2.05) is 17.0 Å². The first-order valence-electron chi connectivity index (χ1n) is 8.46. The maximum atomic E-state index is 12.7. The Bertz CT molecular complexity index is 710. The van der Waals surface area contributed by atoms with Gasteiger partial charge in [-0.25, -0.2) is 9.97 Å². The van der Waals surface area contributed by atoms with Gasteiger partial charge in [0.05, 0.1) is 0 Å². The van der Waals surface area contributed by atoms with Gasteiger partial charge in [0.15, 0.2) is 0 Å². The Morgan fingerprint density at radius 1 is 1.12 bits per heavy atom. The van der Waals surface area contributed by atoms with E-state index in [4.69, 9.17) is 0 Å². The van der Waals surface area contributed by atoms with Crippen molar-refractivity contribution in [3.05, 3.63) is 42.1 Å². The number of hydrogen-bond acceptors (Lipinski definition) is 6. The zero-order chi connectivity index (χ0) is 16.4. The number of aromatic nitrogens is 4. The molecule has 124 valence electrons. The molecule has 1 aliphatic heterocycles. The molecule has 2 fully saturated rings. The number of anilines is 1. The molecule has 1 N–H and O–H groups in total. The standard InChI is InChI=1S/C17H20N6O/c24-17(14-5-9-18-16(21-14)12-3-4-12)23-10-6-13(7-11-23)20-15-2-1-8-19-22-15/h1-2,5,8-9,12-13H,3-4,6-7,10-11H2,(H,20,22). The van der Waals surface area contributed by atoms with Gasteiger partial charge in [0.25, 0.3) is 5.91 Å². The van der Waals surface area contributed by atoms with Crippen LogP contribution in [0.25, 0.3) is 0 Å². The first-order valence-corrected chi connectivity index (χ1v) is 8.46. The van der Waals surface area contributed by atoms with E-state index >= 15 is 0 Å². The van der Waals surface area contributed by atoms with Gasteiger partial charge in [0, 0.05) is 37.4 Å². The lowest BCUT2D eigenvalue weighted by Gasteiger charge is -2.32. The fourth-order valence-electron chi connectivity index (χ4n) is 3.01. The molecule has 0 spiro atoms. The SMILES string of the molecule is O=C(c1ccnc(C2CC2)n1)N1CCC(Nc2cccnn2)CC1. The van der Waals surface area contributed by atoms with E-state index in [2.05, 4.69) is 25.5 Å². The minimum atomic E-state index is 0.0113. The maximum absolute atomic E-state index is 12.7. The topological polar surface area (TPSA) is 83.9 Å². The van der Waals surface area contributed by atoms with Crippen molar-refractivity contribution in [3.63, 3.8) is 0 Å². The van der Waals surface area contributed by atoms with Gasteiger partial charge in [-0.15, -0.1) is 5.10 Å². The molecule has 0 aromatic carbocycles. The number of piperidine rings is 1. The molecule has 2 aromatic heterocycles. The second-order valence-corrected chi connectivity index (χ2v) is 6.39. The quantitative estimate of drug-likeness (QED) is 0.924. The molecule has 7 nitrogen and oxygen atoms in total. The van der Waals surface area contributed by atoms with E-state index in [9.17, 15) is 4.79 Å². The summed E-state index contributed by atoms with van der Waals surface area (Å²) in [6.07, 6.45) is 7.42. The van der Waals surface area contributed by atoms with Gasteiger partial charge in [-0.2, -0.15) is 5.10 Å². The van der Waals surface area contributed by atoms with Crippen LogP contribution in [0.1, 0.15) is 47.9 Å². The molecular weight excluding hydrogens is 304 g/mol. The average Bonchev–Trinajstić information content (AvgIpc) is 3.48. The smallest absolute Gasteiger partial charge is 0.272 e. The lowest BCUT2D eigenvalue weighted by Crippen LogP contribution is -2.42. The summed E-state index contributed by atoms with van der Waals surface area (Å²) in [5.41, 5.74) is 0.521. The van der Waals surface area contributed by atoms with Gasteiger partial charge in [-0.1, -0.05) is 0 Å². The molecule has 2 aromatic rings. The summed E-state index contributed by atoms with van der Waals surface area (Å²) in [5.74, 6) is 2.07. The number of likely N-dealkylation sites (tertiary alicyclic amines) is 1. The van der Waals surface area contributed by atoms with E-state index in [0.29, 0.717) is 17.7 Å². The predicted octanol–water partition coefficient (Wildman–Crippen LogP) is 1.86. The van der Waals surface area contributed by atoms with Crippen molar-refractivity contribution in [2.24, 2.45) is 0 Å². The molecule has 2 aliphatic rings. The Morgan fingerprint density at radius 3 is 2.67 bits per heavy atom. The Kier molecular flexibility index (Phi) is 4.06.